The molecule has 0 spiro atoms. The van der Waals surface area contributed by atoms with Crippen LogP contribution >= 0.6 is 11.3 Å². The molecule has 0 saturated carbocycles. The van der Waals surface area contributed by atoms with Gasteiger partial charge in [-0.3, -0.25) is 9.52 Å². The molecule has 4 rings (SSSR count). The van der Waals surface area contributed by atoms with Gasteiger partial charge in [0, 0.05) is 10.6 Å². The van der Waals surface area contributed by atoms with Crippen molar-refractivity contribution in [1.29, 1.82) is 0 Å². The third kappa shape index (κ3) is 4.73. The molecule has 0 amide bonds. The first-order chi connectivity index (χ1) is 16.0. The summed E-state index contributed by atoms with van der Waals surface area (Å²) in [7, 11) is -3.93. The van der Waals surface area contributed by atoms with Crippen molar-refractivity contribution >= 4 is 43.2 Å². The molecule has 8 nitrogen and oxygen atoms in total. The smallest absolute Gasteiger partial charge is 0.338 e. The molecule has 0 saturated heterocycles. The molecule has 0 bridgehead atoms. The summed E-state index contributed by atoms with van der Waals surface area (Å²) in [5.74, 6) is -0.513. The first-order valence-corrected chi connectivity index (χ1v) is 12.7. The predicted molar refractivity (Wildman–Crippen MR) is 132 cm³/mol. The summed E-state index contributed by atoms with van der Waals surface area (Å²) in [5, 5.41) is 0.534. The monoisotopic (exact) mass is 497 g/mol. The fraction of sp³-hybridized carbons (Fsp3) is 0.208. The molecule has 0 fully saturated rings. The standard InChI is InChI=1S/C24H23N3O5S2/c1-13-6-5-7-18(10-13)27-34(30,31)19-11-17(9-8-14(19)2)24(29)32-12-20-25-22(28)21-15(3)16(4)33-23(21)26-20/h5-11,27H,12H2,1-4H3,(H,25,26,28). The minimum absolute atomic E-state index is 0.0269. The molecule has 0 atom stereocenters. The van der Waals surface area contributed by atoms with Crippen molar-refractivity contribution in [3.63, 3.8) is 0 Å². The van der Waals surface area contributed by atoms with Crippen LogP contribution in [0.4, 0.5) is 5.69 Å². The number of ether oxygens (including phenoxy) is 1. The van der Waals surface area contributed by atoms with Gasteiger partial charge in [0.15, 0.2) is 0 Å². The van der Waals surface area contributed by atoms with Gasteiger partial charge in [0.1, 0.15) is 17.3 Å². The van der Waals surface area contributed by atoms with Gasteiger partial charge in [0.25, 0.3) is 15.6 Å². The second kappa shape index (κ2) is 9.03. The molecule has 4 aromatic rings. The van der Waals surface area contributed by atoms with Crippen LogP contribution in [0, 0.1) is 27.7 Å². The van der Waals surface area contributed by atoms with Crippen molar-refractivity contribution < 1.29 is 17.9 Å². The van der Waals surface area contributed by atoms with Gasteiger partial charge in [-0.15, -0.1) is 11.3 Å². The maximum absolute atomic E-state index is 13.0. The lowest BCUT2D eigenvalue weighted by Gasteiger charge is -2.12. The molecule has 34 heavy (non-hydrogen) atoms. The minimum Gasteiger partial charge on any atom is -0.454 e. The second-order valence-corrected chi connectivity index (χ2v) is 10.9. The molecule has 176 valence electrons. The van der Waals surface area contributed by atoms with Crippen LogP contribution in [-0.4, -0.2) is 24.4 Å². The van der Waals surface area contributed by atoms with Gasteiger partial charge >= 0.3 is 5.97 Å². The first kappa shape index (κ1) is 23.7. The summed E-state index contributed by atoms with van der Waals surface area (Å²) in [6.45, 7) is 7.03. The van der Waals surface area contributed by atoms with Crippen LogP contribution in [0.15, 0.2) is 52.2 Å². The van der Waals surface area contributed by atoms with Gasteiger partial charge in [-0.1, -0.05) is 18.2 Å². The van der Waals surface area contributed by atoms with Gasteiger partial charge in [-0.2, -0.15) is 0 Å². The van der Waals surface area contributed by atoms with E-state index in [9.17, 15) is 18.0 Å². The van der Waals surface area contributed by atoms with E-state index < -0.39 is 16.0 Å². The minimum atomic E-state index is -3.93. The topological polar surface area (TPSA) is 118 Å². The fourth-order valence-electron chi connectivity index (χ4n) is 3.52. The van der Waals surface area contributed by atoms with E-state index in [0.29, 0.717) is 21.5 Å². The Morgan fingerprint density at radius 2 is 1.88 bits per heavy atom. The number of anilines is 1. The highest BCUT2D eigenvalue weighted by Gasteiger charge is 2.20. The number of nitrogens with zero attached hydrogens (tertiary/aromatic N) is 1. The van der Waals surface area contributed by atoms with Crippen molar-refractivity contribution in [3.05, 3.63) is 85.8 Å². The summed E-state index contributed by atoms with van der Waals surface area (Å²) >= 11 is 1.40. The molecule has 0 radical (unpaired) electrons. The number of sulfonamides is 1. The highest BCUT2D eigenvalue weighted by atomic mass is 32.2. The molecule has 2 heterocycles. The molecule has 0 unspecified atom stereocenters. The molecule has 10 heteroatoms. The maximum atomic E-state index is 13.0. The van der Waals surface area contributed by atoms with Crippen molar-refractivity contribution in [3.8, 4) is 0 Å². The number of carbonyl (C=O) groups is 1. The molecule has 0 aliphatic heterocycles. The SMILES string of the molecule is Cc1cccc(NS(=O)(=O)c2cc(C(=O)OCc3nc4sc(C)c(C)c4c(=O)[nH]3)ccc2C)c1. The molecular formula is C24H23N3O5S2. The zero-order valence-corrected chi connectivity index (χ0v) is 20.7. The number of H-pyrrole nitrogens is 1. The summed E-state index contributed by atoms with van der Waals surface area (Å²) in [5.41, 5.74) is 2.48. The van der Waals surface area contributed by atoms with Gasteiger partial charge in [0.05, 0.1) is 15.8 Å². The van der Waals surface area contributed by atoms with E-state index in [1.54, 1.807) is 31.2 Å². The highest BCUT2D eigenvalue weighted by molar-refractivity contribution is 7.92. The van der Waals surface area contributed by atoms with Gasteiger partial charge in [-0.25, -0.2) is 18.2 Å². The van der Waals surface area contributed by atoms with E-state index in [2.05, 4.69) is 14.7 Å². The third-order valence-corrected chi connectivity index (χ3v) is 8.04. The Hall–Kier alpha value is -3.50. The van der Waals surface area contributed by atoms with Crippen molar-refractivity contribution in [2.45, 2.75) is 39.2 Å². The largest absolute Gasteiger partial charge is 0.454 e. The number of aromatic nitrogens is 2. The number of fused-ring (bicyclic) bond motifs is 1. The Morgan fingerprint density at radius 3 is 2.62 bits per heavy atom. The number of aryl methyl sites for hydroxylation is 4. The molecule has 2 aromatic heterocycles. The Labute approximate surface area is 200 Å². The summed E-state index contributed by atoms with van der Waals surface area (Å²) in [6, 6.07) is 11.3. The van der Waals surface area contributed by atoms with Crippen LogP contribution in [-0.2, 0) is 21.4 Å². The van der Waals surface area contributed by atoms with Crippen molar-refractivity contribution in [1.82, 2.24) is 9.97 Å². The summed E-state index contributed by atoms with van der Waals surface area (Å²) in [4.78, 5) is 33.7. The molecular weight excluding hydrogens is 474 g/mol. The Kier molecular flexibility index (Phi) is 6.28. The first-order valence-electron chi connectivity index (χ1n) is 10.4. The highest BCUT2D eigenvalue weighted by Crippen LogP contribution is 2.26. The van der Waals surface area contributed by atoms with E-state index in [4.69, 9.17) is 4.74 Å². The zero-order valence-electron chi connectivity index (χ0n) is 19.1. The average molecular weight is 498 g/mol. The van der Waals surface area contributed by atoms with E-state index in [0.717, 1.165) is 16.0 Å². The fourth-order valence-corrected chi connectivity index (χ4v) is 5.89. The number of benzene rings is 2. The van der Waals surface area contributed by atoms with Crippen LogP contribution < -0.4 is 10.3 Å². The Bertz CT molecular complexity index is 1590. The number of hydrogen-bond acceptors (Lipinski definition) is 7. The van der Waals surface area contributed by atoms with E-state index >= 15 is 0 Å². The number of hydrogen-bond donors (Lipinski definition) is 2. The number of carbonyl (C=O) groups excluding carboxylic acids is 1. The number of rotatable bonds is 6. The van der Waals surface area contributed by atoms with Crippen LogP contribution in [0.3, 0.4) is 0 Å². The lowest BCUT2D eigenvalue weighted by molar-refractivity contribution is 0.0462. The summed E-state index contributed by atoms with van der Waals surface area (Å²) in [6.07, 6.45) is 0. The average Bonchev–Trinajstić information content (AvgIpc) is 3.05. The van der Waals surface area contributed by atoms with Crippen LogP contribution in [0.25, 0.3) is 10.2 Å². The number of esters is 1. The van der Waals surface area contributed by atoms with E-state index in [-0.39, 0.29) is 28.4 Å². The zero-order chi connectivity index (χ0) is 24.6. The second-order valence-electron chi connectivity index (χ2n) is 8.01. The van der Waals surface area contributed by atoms with E-state index in [1.165, 1.54) is 23.5 Å². The lowest BCUT2D eigenvalue weighted by atomic mass is 10.1. The lowest BCUT2D eigenvalue weighted by Crippen LogP contribution is -2.16. The Morgan fingerprint density at radius 1 is 1.12 bits per heavy atom. The van der Waals surface area contributed by atoms with Crippen molar-refractivity contribution in [2.24, 2.45) is 0 Å². The quantitative estimate of drug-likeness (QED) is 0.382. The van der Waals surface area contributed by atoms with Crippen LogP contribution in [0.2, 0.25) is 0 Å². The third-order valence-electron chi connectivity index (χ3n) is 5.41. The number of thiophene rings is 1. The predicted octanol–water partition coefficient (Wildman–Crippen LogP) is 4.38. The maximum Gasteiger partial charge on any atom is 0.338 e. The van der Waals surface area contributed by atoms with Gasteiger partial charge in [0.2, 0.25) is 0 Å². The van der Waals surface area contributed by atoms with Gasteiger partial charge in [-0.05, 0) is 68.7 Å². The molecule has 0 aliphatic carbocycles. The number of aromatic amines is 1. The Balaban J connectivity index is 1.55. The normalized spacial score (nSPS) is 11.5. The van der Waals surface area contributed by atoms with Crippen molar-refractivity contribution in [2.75, 3.05) is 4.72 Å². The van der Waals surface area contributed by atoms with Crippen LogP contribution in [0.5, 0.6) is 0 Å². The van der Waals surface area contributed by atoms with Crippen LogP contribution in [0.1, 0.15) is 37.7 Å². The summed E-state index contributed by atoms with van der Waals surface area (Å²) < 4.78 is 33.8. The van der Waals surface area contributed by atoms with E-state index in [1.807, 2.05) is 26.8 Å². The molecule has 0 aliphatic rings. The number of nitrogens with one attached hydrogen (secondary N) is 2. The molecule has 2 aromatic carbocycles. The molecule has 2 N–H and O–H groups in total. The van der Waals surface area contributed by atoms with Gasteiger partial charge < -0.3 is 9.72 Å².